The van der Waals surface area contributed by atoms with Gasteiger partial charge in [0.15, 0.2) is 6.29 Å². The number of rotatable bonds is 8. The van der Waals surface area contributed by atoms with E-state index in [1.54, 1.807) is 13.8 Å². The Hall–Kier alpha value is 0.0300. The van der Waals surface area contributed by atoms with Gasteiger partial charge in [-0.2, -0.15) is 0 Å². The van der Waals surface area contributed by atoms with Gasteiger partial charge in [0.2, 0.25) is 0 Å². The summed E-state index contributed by atoms with van der Waals surface area (Å²) in [6.45, 7) is 4.25. The van der Waals surface area contributed by atoms with E-state index in [1.807, 2.05) is 0 Å². The molecule has 7 heteroatoms. The Morgan fingerprint density at radius 3 is 2.00 bits per heavy atom. The Balaban J connectivity index is 4.01. The van der Waals surface area contributed by atoms with Gasteiger partial charge in [0.05, 0.1) is 6.16 Å². The molecule has 15 heavy (non-hydrogen) atoms. The Bertz CT molecular complexity index is 197. The van der Waals surface area contributed by atoms with Crippen LogP contribution in [0.15, 0.2) is 0 Å². The lowest BCUT2D eigenvalue weighted by atomic mass is 10.3. The van der Waals surface area contributed by atoms with Crippen molar-refractivity contribution in [2.45, 2.75) is 32.7 Å². The van der Waals surface area contributed by atoms with Crippen LogP contribution in [0.4, 0.5) is 0 Å². The molecule has 3 N–H and O–H groups in total. The van der Waals surface area contributed by atoms with Crippen molar-refractivity contribution >= 4 is 7.60 Å². The fourth-order valence-corrected chi connectivity index (χ4v) is 1.64. The normalized spacial score (nSPS) is 14.5. The fourth-order valence-electron chi connectivity index (χ4n) is 1.04. The second-order valence-electron chi connectivity index (χ2n) is 3.02. The zero-order valence-electron chi connectivity index (χ0n) is 9.00. The van der Waals surface area contributed by atoms with Crippen molar-refractivity contribution in [3.63, 3.8) is 0 Å². The maximum Gasteiger partial charge on any atom is 0.325 e. The standard InChI is InChI=1S/C8H19O6P/c1-3-13-8(14-4-2)7(9)5-6-15(10,11)12/h7-9H,3-6H2,1-2H3,(H2,10,11,12). The summed E-state index contributed by atoms with van der Waals surface area (Å²) in [5.74, 6) is 0. The topological polar surface area (TPSA) is 96.2 Å². The van der Waals surface area contributed by atoms with Gasteiger partial charge in [-0.1, -0.05) is 0 Å². The van der Waals surface area contributed by atoms with Crippen molar-refractivity contribution in [1.29, 1.82) is 0 Å². The van der Waals surface area contributed by atoms with E-state index in [0.29, 0.717) is 13.2 Å². The molecule has 92 valence electrons. The van der Waals surface area contributed by atoms with E-state index >= 15 is 0 Å². The van der Waals surface area contributed by atoms with Crippen LogP contribution in [-0.2, 0) is 14.0 Å². The quantitative estimate of drug-likeness (QED) is 0.419. The van der Waals surface area contributed by atoms with Crippen LogP contribution in [0.1, 0.15) is 20.3 Å². The highest BCUT2D eigenvalue weighted by atomic mass is 31.2. The minimum absolute atomic E-state index is 0.0467. The maximum atomic E-state index is 10.6. The van der Waals surface area contributed by atoms with Gasteiger partial charge in [-0.15, -0.1) is 0 Å². The van der Waals surface area contributed by atoms with Crippen LogP contribution in [0.5, 0.6) is 0 Å². The second-order valence-corrected chi connectivity index (χ2v) is 4.80. The molecule has 0 spiro atoms. The molecule has 0 aliphatic carbocycles. The predicted octanol–water partition coefficient (Wildman–Crippen LogP) is 0.314. The van der Waals surface area contributed by atoms with Gasteiger partial charge in [0.25, 0.3) is 0 Å². The minimum Gasteiger partial charge on any atom is -0.388 e. The molecule has 1 unspecified atom stereocenters. The highest BCUT2D eigenvalue weighted by Gasteiger charge is 2.23. The molecule has 0 bridgehead atoms. The largest absolute Gasteiger partial charge is 0.388 e. The van der Waals surface area contributed by atoms with Crippen LogP contribution >= 0.6 is 7.60 Å². The first-order valence-electron chi connectivity index (χ1n) is 4.86. The van der Waals surface area contributed by atoms with Gasteiger partial charge in [-0.25, -0.2) is 0 Å². The van der Waals surface area contributed by atoms with Crippen molar-refractivity contribution in [2.75, 3.05) is 19.4 Å². The molecular formula is C8H19O6P. The molecule has 0 aliphatic heterocycles. The summed E-state index contributed by atoms with van der Waals surface area (Å²) in [7, 11) is -4.07. The molecule has 0 aliphatic rings. The van der Waals surface area contributed by atoms with Crippen LogP contribution in [0.3, 0.4) is 0 Å². The third-order valence-corrected chi connectivity index (χ3v) is 2.53. The van der Waals surface area contributed by atoms with E-state index < -0.39 is 20.0 Å². The van der Waals surface area contributed by atoms with E-state index in [1.165, 1.54) is 0 Å². The van der Waals surface area contributed by atoms with Crippen molar-refractivity contribution < 1.29 is 28.9 Å². The van der Waals surface area contributed by atoms with Gasteiger partial charge in [0, 0.05) is 13.2 Å². The summed E-state index contributed by atoms with van der Waals surface area (Å²) in [5, 5.41) is 9.54. The first-order chi connectivity index (χ1) is 6.90. The zero-order valence-corrected chi connectivity index (χ0v) is 9.89. The average Bonchev–Trinajstić information content (AvgIpc) is 2.13. The molecule has 0 amide bonds. The molecule has 6 nitrogen and oxygen atoms in total. The second kappa shape index (κ2) is 7.33. The van der Waals surface area contributed by atoms with Crippen LogP contribution in [0, 0.1) is 0 Å². The van der Waals surface area contributed by atoms with E-state index in [9.17, 15) is 9.67 Å². The summed E-state index contributed by atoms with van der Waals surface area (Å²) in [4.78, 5) is 17.3. The van der Waals surface area contributed by atoms with Crippen LogP contribution in [0.25, 0.3) is 0 Å². The van der Waals surface area contributed by atoms with Crippen molar-refractivity contribution in [3.8, 4) is 0 Å². The third-order valence-electron chi connectivity index (χ3n) is 1.69. The molecule has 0 heterocycles. The predicted molar refractivity (Wildman–Crippen MR) is 54.6 cm³/mol. The Morgan fingerprint density at radius 1 is 1.20 bits per heavy atom. The van der Waals surface area contributed by atoms with Crippen LogP contribution in [-0.4, -0.2) is 46.7 Å². The highest BCUT2D eigenvalue weighted by molar-refractivity contribution is 7.51. The van der Waals surface area contributed by atoms with E-state index in [4.69, 9.17) is 19.3 Å². The van der Waals surface area contributed by atoms with Crippen molar-refractivity contribution in [2.24, 2.45) is 0 Å². The molecule has 1 atom stereocenters. The Kier molecular flexibility index (Phi) is 7.34. The number of hydrogen-bond donors (Lipinski definition) is 3. The summed E-state index contributed by atoms with van der Waals surface area (Å²) >= 11 is 0. The van der Waals surface area contributed by atoms with Crippen LogP contribution in [0.2, 0.25) is 0 Å². The molecule has 0 aromatic carbocycles. The Morgan fingerprint density at radius 2 is 1.67 bits per heavy atom. The minimum atomic E-state index is -4.07. The van der Waals surface area contributed by atoms with Gasteiger partial charge in [0.1, 0.15) is 6.10 Å². The molecule has 0 radical (unpaired) electrons. The molecule has 0 aromatic rings. The summed E-state index contributed by atoms with van der Waals surface area (Å²) in [6.07, 6.45) is -2.25. The maximum absolute atomic E-state index is 10.6. The van der Waals surface area contributed by atoms with Crippen molar-refractivity contribution in [1.82, 2.24) is 0 Å². The fraction of sp³-hybridized carbons (Fsp3) is 1.00. The molecule has 0 saturated heterocycles. The lowest BCUT2D eigenvalue weighted by Gasteiger charge is -2.22. The first-order valence-corrected chi connectivity index (χ1v) is 6.66. The lowest BCUT2D eigenvalue weighted by molar-refractivity contribution is -0.189. The summed E-state index contributed by atoms with van der Waals surface area (Å²) in [6, 6.07) is 0. The average molecular weight is 242 g/mol. The summed E-state index contributed by atoms with van der Waals surface area (Å²) < 4.78 is 20.7. The monoisotopic (exact) mass is 242 g/mol. The SMILES string of the molecule is CCOC(OCC)C(O)CCP(=O)(O)O. The first kappa shape index (κ1) is 15.0. The van der Waals surface area contributed by atoms with Gasteiger partial charge in [-0.3, -0.25) is 4.57 Å². The van der Waals surface area contributed by atoms with E-state index in [-0.39, 0.29) is 12.6 Å². The molecular weight excluding hydrogens is 223 g/mol. The zero-order chi connectivity index (χ0) is 11.9. The number of ether oxygens (including phenoxy) is 2. The highest BCUT2D eigenvalue weighted by Crippen LogP contribution is 2.35. The van der Waals surface area contributed by atoms with Gasteiger partial charge in [-0.05, 0) is 20.3 Å². The van der Waals surface area contributed by atoms with Gasteiger partial charge >= 0.3 is 7.60 Å². The molecule has 0 aromatic heterocycles. The molecule has 0 saturated carbocycles. The smallest absolute Gasteiger partial charge is 0.325 e. The lowest BCUT2D eigenvalue weighted by Crippen LogP contribution is -2.32. The third kappa shape index (κ3) is 7.90. The Labute approximate surface area is 89.4 Å². The number of hydrogen-bond acceptors (Lipinski definition) is 4. The van der Waals surface area contributed by atoms with Gasteiger partial charge < -0.3 is 24.4 Å². The summed E-state index contributed by atoms with van der Waals surface area (Å²) in [5.41, 5.74) is 0. The van der Waals surface area contributed by atoms with E-state index in [0.717, 1.165) is 0 Å². The number of aliphatic hydroxyl groups excluding tert-OH is 1. The molecule has 0 fully saturated rings. The number of aliphatic hydroxyl groups is 1. The van der Waals surface area contributed by atoms with Crippen LogP contribution < -0.4 is 0 Å². The van der Waals surface area contributed by atoms with E-state index in [2.05, 4.69) is 0 Å². The molecule has 0 rings (SSSR count). The van der Waals surface area contributed by atoms with Crippen molar-refractivity contribution in [3.05, 3.63) is 0 Å².